The van der Waals surface area contributed by atoms with E-state index in [0.717, 1.165) is 50.7 Å². The summed E-state index contributed by atoms with van der Waals surface area (Å²) in [6, 6.07) is 14.4. The summed E-state index contributed by atoms with van der Waals surface area (Å²) in [5.41, 5.74) is 4.79. The summed E-state index contributed by atoms with van der Waals surface area (Å²) in [6.07, 6.45) is 3.85. The summed E-state index contributed by atoms with van der Waals surface area (Å²) in [5.74, 6) is 0.949. The molecule has 0 unspecified atom stereocenters. The summed E-state index contributed by atoms with van der Waals surface area (Å²) in [5, 5.41) is 0. The lowest BCUT2D eigenvalue weighted by Gasteiger charge is -2.34. The Morgan fingerprint density at radius 2 is 1.62 bits per heavy atom. The molecule has 0 bridgehead atoms. The van der Waals surface area contributed by atoms with Crippen molar-refractivity contribution in [2.75, 3.05) is 26.2 Å². The minimum atomic E-state index is 0.927. The molecule has 0 amide bonds. The number of pyridine rings is 1. The Hall–Kier alpha value is -2.50. The van der Waals surface area contributed by atoms with Gasteiger partial charge in [-0.2, -0.15) is 0 Å². The first-order valence-corrected chi connectivity index (χ1v) is 9.22. The van der Waals surface area contributed by atoms with E-state index in [1.54, 1.807) is 0 Å². The molecule has 134 valence electrons. The number of piperazine rings is 1. The van der Waals surface area contributed by atoms with Gasteiger partial charge in [-0.1, -0.05) is 36.4 Å². The van der Waals surface area contributed by atoms with Crippen molar-refractivity contribution in [3.05, 3.63) is 71.8 Å². The van der Waals surface area contributed by atoms with Gasteiger partial charge < -0.3 is 4.98 Å². The van der Waals surface area contributed by atoms with Crippen LogP contribution in [0.1, 0.15) is 17.0 Å². The SMILES string of the molecule is Cc1cccnc1CN1CCN(Cc2cnc(-c3ccccc3)[nH]2)CC1. The van der Waals surface area contributed by atoms with Crippen LogP contribution in [0.3, 0.4) is 0 Å². The van der Waals surface area contributed by atoms with E-state index in [1.807, 2.05) is 36.7 Å². The van der Waals surface area contributed by atoms with Gasteiger partial charge in [0, 0.05) is 62.9 Å². The third-order valence-corrected chi connectivity index (χ3v) is 5.03. The molecule has 5 nitrogen and oxygen atoms in total. The molecular weight excluding hydrogens is 322 g/mol. The van der Waals surface area contributed by atoms with Crippen LogP contribution in [-0.4, -0.2) is 50.9 Å². The molecule has 3 aromatic rings. The Bertz CT molecular complexity index is 834. The Morgan fingerprint density at radius 1 is 0.885 bits per heavy atom. The highest BCUT2D eigenvalue weighted by Crippen LogP contribution is 2.16. The highest BCUT2D eigenvalue weighted by molar-refractivity contribution is 5.54. The molecule has 5 heteroatoms. The van der Waals surface area contributed by atoms with Gasteiger partial charge in [-0.3, -0.25) is 14.8 Å². The van der Waals surface area contributed by atoms with Crippen molar-refractivity contribution >= 4 is 0 Å². The highest BCUT2D eigenvalue weighted by Gasteiger charge is 2.18. The molecule has 1 aliphatic heterocycles. The predicted octanol–water partition coefficient (Wildman–Crippen LogP) is 3.10. The van der Waals surface area contributed by atoms with Crippen molar-refractivity contribution in [3.63, 3.8) is 0 Å². The lowest BCUT2D eigenvalue weighted by Crippen LogP contribution is -2.45. The van der Waals surface area contributed by atoms with Crippen molar-refractivity contribution < 1.29 is 0 Å². The molecule has 0 atom stereocenters. The number of aromatic amines is 1. The summed E-state index contributed by atoms with van der Waals surface area (Å²) in [7, 11) is 0. The first-order chi connectivity index (χ1) is 12.8. The molecule has 1 aliphatic rings. The number of aryl methyl sites for hydroxylation is 1. The number of aromatic nitrogens is 3. The molecule has 26 heavy (non-hydrogen) atoms. The van der Waals surface area contributed by atoms with Crippen LogP contribution >= 0.6 is 0 Å². The molecule has 0 spiro atoms. The van der Waals surface area contributed by atoms with E-state index in [4.69, 9.17) is 0 Å². The number of imidazole rings is 1. The van der Waals surface area contributed by atoms with Gasteiger partial charge in [0.15, 0.2) is 0 Å². The number of nitrogens with zero attached hydrogens (tertiary/aromatic N) is 4. The van der Waals surface area contributed by atoms with E-state index in [2.05, 4.69) is 49.9 Å². The monoisotopic (exact) mass is 347 g/mol. The average Bonchev–Trinajstić information content (AvgIpc) is 3.14. The Labute approximate surface area is 154 Å². The molecular formula is C21H25N5. The zero-order valence-electron chi connectivity index (χ0n) is 15.2. The van der Waals surface area contributed by atoms with E-state index in [-0.39, 0.29) is 0 Å². The van der Waals surface area contributed by atoms with Gasteiger partial charge in [-0.15, -0.1) is 0 Å². The fourth-order valence-corrected chi connectivity index (χ4v) is 3.42. The van der Waals surface area contributed by atoms with Crippen LogP contribution in [0.25, 0.3) is 11.4 Å². The lowest BCUT2D eigenvalue weighted by molar-refractivity contribution is 0.120. The Kier molecular flexibility index (Phi) is 5.09. The van der Waals surface area contributed by atoms with Crippen LogP contribution in [0.4, 0.5) is 0 Å². The van der Waals surface area contributed by atoms with Crippen molar-refractivity contribution in [2.24, 2.45) is 0 Å². The largest absolute Gasteiger partial charge is 0.341 e. The fourth-order valence-electron chi connectivity index (χ4n) is 3.42. The van der Waals surface area contributed by atoms with Crippen molar-refractivity contribution in [3.8, 4) is 11.4 Å². The van der Waals surface area contributed by atoms with Crippen LogP contribution < -0.4 is 0 Å². The van der Waals surface area contributed by atoms with Crippen molar-refractivity contribution in [1.29, 1.82) is 0 Å². The second kappa shape index (κ2) is 7.81. The van der Waals surface area contributed by atoms with Gasteiger partial charge >= 0.3 is 0 Å². The van der Waals surface area contributed by atoms with E-state index in [1.165, 1.54) is 17.0 Å². The van der Waals surface area contributed by atoms with Crippen LogP contribution in [-0.2, 0) is 13.1 Å². The van der Waals surface area contributed by atoms with E-state index >= 15 is 0 Å². The average molecular weight is 347 g/mol. The number of nitrogens with one attached hydrogen (secondary N) is 1. The third-order valence-electron chi connectivity index (χ3n) is 5.03. The third kappa shape index (κ3) is 4.00. The molecule has 1 saturated heterocycles. The number of hydrogen-bond acceptors (Lipinski definition) is 4. The number of benzene rings is 1. The summed E-state index contributed by atoms with van der Waals surface area (Å²) in [4.78, 5) is 17.5. The Morgan fingerprint density at radius 3 is 2.35 bits per heavy atom. The fraction of sp³-hybridized carbons (Fsp3) is 0.333. The first kappa shape index (κ1) is 16.9. The first-order valence-electron chi connectivity index (χ1n) is 9.22. The van der Waals surface area contributed by atoms with Gasteiger partial charge in [0.2, 0.25) is 0 Å². The molecule has 0 saturated carbocycles. The van der Waals surface area contributed by atoms with E-state index < -0.39 is 0 Å². The minimum absolute atomic E-state index is 0.927. The normalized spacial score (nSPS) is 16.0. The van der Waals surface area contributed by atoms with Gasteiger partial charge in [0.05, 0.1) is 5.69 Å². The molecule has 0 aliphatic carbocycles. The quantitative estimate of drug-likeness (QED) is 0.770. The molecule has 1 fully saturated rings. The Balaban J connectivity index is 1.30. The molecule has 4 rings (SSSR count). The highest BCUT2D eigenvalue weighted by atomic mass is 15.3. The predicted molar refractivity (Wildman–Crippen MR) is 104 cm³/mol. The van der Waals surface area contributed by atoms with Gasteiger partial charge in [-0.25, -0.2) is 4.98 Å². The van der Waals surface area contributed by atoms with Crippen LogP contribution in [0.5, 0.6) is 0 Å². The second-order valence-corrected chi connectivity index (χ2v) is 6.94. The minimum Gasteiger partial charge on any atom is -0.341 e. The van der Waals surface area contributed by atoms with E-state index in [0.29, 0.717) is 0 Å². The van der Waals surface area contributed by atoms with Crippen molar-refractivity contribution in [2.45, 2.75) is 20.0 Å². The summed E-state index contributed by atoms with van der Waals surface area (Å²) < 4.78 is 0. The molecule has 2 aromatic heterocycles. The maximum Gasteiger partial charge on any atom is 0.137 e. The molecule has 1 aromatic carbocycles. The molecule has 3 heterocycles. The smallest absolute Gasteiger partial charge is 0.137 e. The number of H-pyrrole nitrogens is 1. The van der Waals surface area contributed by atoms with Crippen molar-refractivity contribution in [1.82, 2.24) is 24.8 Å². The van der Waals surface area contributed by atoms with Crippen LogP contribution in [0, 0.1) is 6.92 Å². The zero-order valence-corrected chi connectivity index (χ0v) is 15.2. The number of hydrogen-bond donors (Lipinski definition) is 1. The molecule has 1 N–H and O–H groups in total. The second-order valence-electron chi connectivity index (χ2n) is 6.94. The van der Waals surface area contributed by atoms with E-state index in [9.17, 15) is 0 Å². The standard InChI is InChI=1S/C21H25N5/c1-17-6-5-9-22-20(17)16-26-12-10-25(11-13-26)15-19-14-23-21(24-19)18-7-3-2-4-8-18/h2-9,14H,10-13,15-16H2,1H3,(H,23,24). The van der Waals surface area contributed by atoms with Gasteiger partial charge in [-0.05, 0) is 18.6 Å². The summed E-state index contributed by atoms with van der Waals surface area (Å²) >= 11 is 0. The zero-order chi connectivity index (χ0) is 17.8. The number of rotatable bonds is 5. The summed E-state index contributed by atoms with van der Waals surface area (Å²) in [6.45, 7) is 8.32. The van der Waals surface area contributed by atoms with Gasteiger partial charge in [0.25, 0.3) is 0 Å². The van der Waals surface area contributed by atoms with Gasteiger partial charge in [0.1, 0.15) is 5.82 Å². The van der Waals surface area contributed by atoms with Crippen LogP contribution in [0.2, 0.25) is 0 Å². The van der Waals surface area contributed by atoms with Crippen LogP contribution in [0.15, 0.2) is 54.9 Å². The molecule has 0 radical (unpaired) electrons. The lowest BCUT2D eigenvalue weighted by atomic mass is 10.2. The topological polar surface area (TPSA) is 48.1 Å². The maximum atomic E-state index is 4.53. The maximum absolute atomic E-state index is 4.53.